The molecule has 0 aliphatic rings. The molecule has 0 aromatic carbocycles. The third kappa shape index (κ3) is 2.55. The van der Waals surface area contributed by atoms with Gasteiger partial charge < -0.3 is 11.2 Å². The van der Waals surface area contributed by atoms with Crippen LogP contribution in [-0.2, 0) is 0 Å². The second-order valence-corrected chi connectivity index (χ2v) is 1.94. The minimum absolute atomic E-state index is 0.542. The Labute approximate surface area is 61.7 Å². The van der Waals surface area contributed by atoms with Crippen LogP contribution < -0.4 is 17.0 Å². The van der Waals surface area contributed by atoms with Crippen molar-refractivity contribution in [2.24, 2.45) is 11.6 Å². The van der Waals surface area contributed by atoms with Gasteiger partial charge in [-0.25, -0.2) is 5.84 Å². The quantitative estimate of drug-likeness (QED) is 0.306. The van der Waals surface area contributed by atoms with Crippen molar-refractivity contribution in [3.63, 3.8) is 0 Å². The Morgan fingerprint density at radius 3 is 2.50 bits per heavy atom. The monoisotopic (exact) mass is 141 g/mol. The molecule has 3 heteroatoms. The molecule has 0 spiro atoms. The van der Waals surface area contributed by atoms with Gasteiger partial charge >= 0.3 is 0 Å². The van der Waals surface area contributed by atoms with Crippen LogP contribution in [0, 0.1) is 0 Å². The van der Waals surface area contributed by atoms with Crippen LogP contribution in [0.25, 0.3) is 0 Å². The third-order valence-corrected chi connectivity index (χ3v) is 1.25. The maximum atomic E-state index is 5.51. The summed E-state index contributed by atoms with van der Waals surface area (Å²) in [4.78, 5) is 0. The van der Waals surface area contributed by atoms with Gasteiger partial charge in [-0.3, -0.25) is 0 Å². The first-order chi connectivity index (χ1) is 4.76. The lowest BCUT2D eigenvalue weighted by atomic mass is 10.2. The summed E-state index contributed by atoms with van der Waals surface area (Å²) in [5, 5.41) is 0. The van der Waals surface area contributed by atoms with E-state index in [0.29, 0.717) is 5.82 Å². The molecule has 58 valence electrons. The van der Waals surface area contributed by atoms with Gasteiger partial charge in [-0.1, -0.05) is 19.1 Å². The Balaban J connectivity index is 4.29. The molecular weight excluding hydrogens is 126 g/mol. The molecule has 3 nitrogen and oxygen atoms in total. The molecule has 0 fully saturated rings. The fourth-order valence-corrected chi connectivity index (χ4v) is 0.692. The zero-order valence-electron chi connectivity index (χ0n) is 6.52. The lowest BCUT2D eigenvalue weighted by Crippen LogP contribution is -2.28. The number of nitrogens with two attached hydrogens (primary N) is 2. The van der Waals surface area contributed by atoms with E-state index in [9.17, 15) is 0 Å². The largest absolute Gasteiger partial charge is 0.384 e. The Hall–Kier alpha value is -0.960. The van der Waals surface area contributed by atoms with Gasteiger partial charge in [0.2, 0.25) is 0 Å². The van der Waals surface area contributed by atoms with E-state index in [1.54, 1.807) is 0 Å². The zero-order chi connectivity index (χ0) is 7.98. The molecule has 0 atom stereocenters. The normalized spacial score (nSPS) is 13.5. The van der Waals surface area contributed by atoms with Crippen LogP contribution in [0.3, 0.4) is 0 Å². The topological polar surface area (TPSA) is 64.1 Å². The van der Waals surface area contributed by atoms with Crippen molar-refractivity contribution in [1.82, 2.24) is 5.43 Å². The van der Waals surface area contributed by atoms with Crippen molar-refractivity contribution in [3.05, 3.63) is 23.5 Å². The van der Waals surface area contributed by atoms with Crippen LogP contribution in [-0.4, -0.2) is 0 Å². The lowest BCUT2D eigenvalue weighted by Gasteiger charge is -2.03. The minimum atomic E-state index is 0.542. The van der Waals surface area contributed by atoms with E-state index < -0.39 is 0 Å². The van der Waals surface area contributed by atoms with E-state index in [1.165, 1.54) is 0 Å². The predicted octanol–water partition coefficient (Wildman–Crippen LogP) is 0.606. The average Bonchev–Trinajstić information content (AvgIpc) is 1.99. The third-order valence-electron chi connectivity index (χ3n) is 1.25. The summed E-state index contributed by atoms with van der Waals surface area (Å²) < 4.78 is 0. The molecule has 0 bridgehead atoms. The van der Waals surface area contributed by atoms with E-state index in [0.717, 1.165) is 12.0 Å². The standard InChI is InChI=1S/C7H15N3/c1-3-5-6(4-2)7(8)10-9/h3,5,10H,4,8-9H2,1-2H3/b5-3-,7-6-. The summed E-state index contributed by atoms with van der Waals surface area (Å²) in [5.74, 6) is 5.65. The Morgan fingerprint density at radius 2 is 2.20 bits per heavy atom. The highest BCUT2D eigenvalue weighted by molar-refractivity contribution is 5.21. The second kappa shape index (κ2) is 4.88. The first-order valence-corrected chi connectivity index (χ1v) is 3.34. The SMILES string of the molecule is C/C=C\C(CC)=C(\N)NN. The second-order valence-electron chi connectivity index (χ2n) is 1.94. The first-order valence-electron chi connectivity index (χ1n) is 3.34. The molecule has 0 aromatic heterocycles. The van der Waals surface area contributed by atoms with Crippen molar-refractivity contribution < 1.29 is 0 Å². The van der Waals surface area contributed by atoms with Crippen molar-refractivity contribution in [3.8, 4) is 0 Å². The maximum Gasteiger partial charge on any atom is 0.113 e. The predicted molar refractivity (Wildman–Crippen MR) is 43.6 cm³/mol. The Bertz CT molecular complexity index is 147. The van der Waals surface area contributed by atoms with Gasteiger partial charge in [0.15, 0.2) is 0 Å². The van der Waals surface area contributed by atoms with Crippen LogP contribution >= 0.6 is 0 Å². The lowest BCUT2D eigenvalue weighted by molar-refractivity contribution is 0.841. The highest BCUT2D eigenvalue weighted by atomic mass is 15.3. The molecule has 0 unspecified atom stereocenters. The van der Waals surface area contributed by atoms with E-state index in [4.69, 9.17) is 11.6 Å². The summed E-state index contributed by atoms with van der Waals surface area (Å²) >= 11 is 0. The Morgan fingerprint density at radius 1 is 1.60 bits per heavy atom. The molecule has 0 saturated carbocycles. The zero-order valence-corrected chi connectivity index (χ0v) is 6.52. The highest BCUT2D eigenvalue weighted by Gasteiger charge is 1.92. The number of hydrazine groups is 1. The van der Waals surface area contributed by atoms with Gasteiger partial charge in [0.1, 0.15) is 5.82 Å². The molecule has 0 heterocycles. The summed E-state index contributed by atoms with van der Waals surface area (Å²) in [5.41, 5.74) is 8.95. The van der Waals surface area contributed by atoms with E-state index in [1.807, 2.05) is 26.0 Å². The number of rotatable bonds is 3. The summed E-state index contributed by atoms with van der Waals surface area (Å²) in [6.07, 6.45) is 4.76. The van der Waals surface area contributed by atoms with Crippen molar-refractivity contribution in [1.29, 1.82) is 0 Å². The molecule has 0 aliphatic heterocycles. The van der Waals surface area contributed by atoms with Crippen LogP contribution in [0.2, 0.25) is 0 Å². The fraction of sp³-hybridized carbons (Fsp3) is 0.429. The number of allylic oxidation sites excluding steroid dienone is 3. The minimum Gasteiger partial charge on any atom is -0.384 e. The Kier molecular flexibility index (Phi) is 4.41. The molecule has 10 heavy (non-hydrogen) atoms. The fourth-order valence-electron chi connectivity index (χ4n) is 0.692. The van der Waals surface area contributed by atoms with Crippen LogP contribution in [0.5, 0.6) is 0 Å². The summed E-state index contributed by atoms with van der Waals surface area (Å²) in [6.45, 7) is 3.97. The smallest absolute Gasteiger partial charge is 0.113 e. The molecule has 0 aromatic rings. The van der Waals surface area contributed by atoms with Gasteiger partial charge in [-0.05, 0) is 18.9 Å². The van der Waals surface area contributed by atoms with E-state index in [-0.39, 0.29) is 0 Å². The van der Waals surface area contributed by atoms with Gasteiger partial charge in [-0.15, -0.1) is 0 Å². The van der Waals surface area contributed by atoms with Gasteiger partial charge in [0.05, 0.1) is 0 Å². The van der Waals surface area contributed by atoms with Crippen LogP contribution in [0.15, 0.2) is 23.5 Å². The molecule has 0 rings (SSSR count). The average molecular weight is 141 g/mol. The highest BCUT2D eigenvalue weighted by Crippen LogP contribution is 2.02. The molecule has 0 amide bonds. The van der Waals surface area contributed by atoms with Crippen molar-refractivity contribution in [2.75, 3.05) is 0 Å². The first kappa shape index (κ1) is 9.04. The van der Waals surface area contributed by atoms with Gasteiger partial charge in [0, 0.05) is 0 Å². The summed E-state index contributed by atoms with van der Waals surface area (Å²) in [7, 11) is 0. The van der Waals surface area contributed by atoms with Crippen LogP contribution in [0.1, 0.15) is 20.3 Å². The van der Waals surface area contributed by atoms with E-state index >= 15 is 0 Å². The van der Waals surface area contributed by atoms with Gasteiger partial charge in [0.25, 0.3) is 0 Å². The molecule has 5 N–H and O–H groups in total. The van der Waals surface area contributed by atoms with E-state index in [2.05, 4.69) is 5.43 Å². The molecular formula is C7H15N3. The number of hydrogen-bond acceptors (Lipinski definition) is 3. The number of nitrogens with one attached hydrogen (secondary N) is 1. The number of hydrogen-bond donors (Lipinski definition) is 3. The molecule has 0 saturated heterocycles. The molecule has 0 radical (unpaired) electrons. The van der Waals surface area contributed by atoms with Crippen molar-refractivity contribution in [2.45, 2.75) is 20.3 Å². The van der Waals surface area contributed by atoms with Crippen LogP contribution in [0.4, 0.5) is 0 Å². The maximum absolute atomic E-state index is 5.51. The van der Waals surface area contributed by atoms with Gasteiger partial charge in [-0.2, -0.15) is 0 Å². The summed E-state index contributed by atoms with van der Waals surface area (Å²) in [6, 6.07) is 0. The van der Waals surface area contributed by atoms with Crippen molar-refractivity contribution >= 4 is 0 Å². The molecule has 0 aliphatic carbocycles.